The van der Waals surface area contributed by atoms with E-state index in [2.05, 4.69) is 4.98 Å². The molecule has 0 amide bonds. The molecule has 0 fully saturated rings. The maximum Gasteiger partial charge on any atom is 0.356 e. The number of carboxylic acids is 1. The first-order chi connectivity index (χ1) is 9.86. The number of aromatic carboxylic acids is 1. The van der Waals surface area contributed by atoms with Crippen LogP contribution in [0.15, 0.2) is 18.2 Å². The summed E-state index contributed by atoms with van der Waals surface area (Å²) in [7, 11) is 0. The number of aromatic nitrogens is 1. The van der Waals surface area contributed by atoms with Gasteiger partial charge in [-0.2, -0.15) is 5.26 Å². The highest BCUT2D eigenvalue weighted by Crippen LogP contribution is 2.33. The second-order valence-electron chi connectivity index (χ2n) is 3.96. The number of nitriles is 1. The van der Waals surface area contributed by atoms with Crippen LogP contribution in [0.1, 0.15) is 16.1 Å². The number of nitrogen functional groups attached to an aromatic ring is 1. The van der Waals surface area contributed by atoms with Crippen LogP contribution < -0.4 is 5.73 Å². The SMILES string of the molecule is N#Cc1ccc(-c2nc(C(=O)O)c(Cl)c(N)c2F)c(F)c1. The zero-order valence-electron chi connectivity index (χ0n) is 10.2. The number of anilines is 1. The quantitative estimate of drug-likeness (QED) is 0.888. The number of nitrogens with two attached hydrogens (primary N) is 1. The van der Waals surface area contributed by atoms with Gasteiger partial charge in [0.25, 0.3) is 0 Å². The van der Waals surface area contributed by atoms with Crippen LogP contribution in [0.4, 0.5) is 14.5 Å². The van der Waals surface area contributed by atoms with E-state index in [1.54, 1.807) is 6.07 Å². The zero-order chi connectivity index (χ0) is 15.7. The van der Waals surface area contributed by atoms with Gasteiger partial charge in [-0.3, -0.25) is 0 Å². The van der Waals surface area contributed by atoms with Crippen LogP contribution in [-0.4, -0.2) is 16.1 Å². The highest BCUT2D eigenvalue weighted by molar-refractivity contribution is 6.35. The van der Waals surface area contributed by atoms with E-state index in [4.69, 9.17) is 27.7 Å². The Morgan fingerprint density at radius 2 is 2.10 bits per heavy atom. The third-order valence-electron chi connectivity index (χ3n) is 2.67. The van der Waals surface area contributed by atoms with Crippen molar-refractivity contribution in [2.75, 3.05) is 5.73 Å². The number of rotatable bonds is 2. The van der Waals surface area contributed by atoms with Gasteiger partial charge >= 0.3 is 5.97 Å². The minimum absolute atomic E-state index is 0.0250. The second-order valence-corrected chi connectivity index (χ2v) is 4.34. The monoisotopic (exact) mass is 309 g/mol. The molecule has 0 saturated heterocycles. The Bertz CT molecular complexity index is 803. The Kier molecular flexibility index (Phi) is 3.74. The molecule has 0 unspecified atom stereocenters. The van der Waals surface area contributed by atoms with Crippen molar-refractivity contribution in [3.05, 3.63) is 46.1 Å². The number of hydrogen-bond acceptors (Lipinski definition) is 4. The number of nitrogens with zero attached hydrogens (tertiary/aromatic N) is 2. The first-order valence-corrected chi connectivity index (χ1v) is 5.82. The molecule has 106 valence electrons. The van der Waals surface area contributed by atoms with Crippen molar-refractivity contribution in [1.82, 2.24) is 4.98 Å². The molecule has 1 aromatic carbocycles. The summed E-state index contributed by atoms with van der Waals surface area (Å²) in [5, 5.41) is 17.0. The minimum Gasteiger partial charge on any atom is -0.476 e. The summed E-state index contributed by atoms with van der Waals surface area (Å²) in [4.78, 5) is 14.5. The molecule has 0 saturated carbocycles. The number of halogens is 3. The van der Waals surface area contributed by atoms with Gasteiger partial charge in [-0.25, -0.2) is 18.6 Å². The van der Waals surface area contributed by atoms with Gasteiger partial charge in [0.1, 0.15) is 11.5 Å². The van der Waals surface area contributed by atoms with Crippen LogP contribution in [-0.2, 0) is 0 Å². The van der Waals surface area contributed by atoms with Gasteiger partial charge in [0.05, 0.1) is 22.3 Å². The summed E-state index contributed by atoms with van der Waals surface area (Å²) >= 11 is 5.60. The second kappa shape index (κ2) is 5.34. The molecular formula is C13H6ClF2N3O2. The van der Waals surface area contributed by atoms with E-state index in [0.717, 1.165) is 12.1 Å². The van der Waals surface area contributed by atoms with Crippen LogP contribution in [0.25, 0.3) is 11.3 Å². The molecule has 0 aliphatic rings. The zero-order valence-corrected chi connectivity index (χ0v) is 10.9. The Morgan fingerprint density at radius 3 is 2.62 bits per heavy atom. The van der Waals surface area contributed by atoms with Gasteiger partial charge < -0.3 is 10.8 Å². The maximum absolute atomic E-state index is 14.1. The molecule has 1 heterocycles. The lowest BCUT2D eigenvalue weighted by Crippen LogP contribution is -2.08. The molecule has 0 atom stereocenters. The van der Waals surface area contributed by atoms with Gasteiger partial charge in [0, 0.05) is 5.56 Å². The van der Waals surface area contributed by atoms with Crippen LogP contribution in [0.3, 0.4) is 0 Å². The van der Waals surface area contributed by atoms with Crippen LogP contribution in [0, 0.1) is 23.0 Å². The lowest BCUT2D eigenvalue weighted by molar-refractivity contribution is 0.0691. The first-order valence-electron chi connectivity index (χ1n) is 5.44. The summed E-state index contributed by atoms with van der Waals surface area (Å²) in [5.41, 5.74) is 3.17. The highest BCUT2D eigenvalue weighted by atomic mass is 35.5. The van der Waals surface area contributed by atoms with Gasteiger partial charge in [-0.15, -0.1) is 0 Å². The number of pyridine rings is 1. The van der Waals surface area contributed by atoms with Crippen molar-refractivity contribution >= 4 is 23.3 Å². The van der Waals surface area contributed by atoms with Gasteiger partial charge in [-0.1, -0.05) is 11.6 Å². The molecule has 0 radical (unpaired) electrons. The van der Waals surface area contributed by atoms with E-state index < -0.39 is 39.7 Å². The first kappa shape index (κ1) is 14.7. The van der Waals surface area contributed by atoms with Crippen molar-refractivity contribution in [3.8, 4) is 17.3 Å². The molecule has 3 N–H and O–H groups in total. The Morgan fingerprint density at radius 1 is 1.43 bits per heavy atom. The number of hydrogen-bond donors (Lipinski definition) is 2. The molecule has 2 aromatic rings. The molecule has 0 aliphatic heterocycles. The van der Waals surface area contributed by atoms with Crippen LogP contribution in [0.5, 0.6) is 0 Å². The molecule has 0 bridgehead atoms. The largest absolute Gasteiger partial charge is 0.476 e. The summed E-state index contributed by atoms with van der Waals surface area (Å²) in [6, 6.07) is 4.94. The molecule has 2 rings (SSSR count). The average Bonchev–Trinajstić information content (AvgIpc) is 2.45. The van der Waals surface area contributed by atoms with Crippen molar-refractivity contribution in [2.24, 2.45) is 0 Å². The van der Waals surface area contributed by atoms with E-state index in [0.29, 0.717) is 0 Å². The smallest absolute Gasteiger partial charge is 0.356 e. The summed E-state index contributed by atoms with van der Waals surface area (Å²) in [6.07, 6.45) is 0. The molecular weight excluding hydrogens is 304 g/mol. The van der Waals surface area contributed by atoms with Crippen molar-refractivity contribution < 1.29 is 18.7 Å². The van der Waals surface area contributed by atoms with E-state index >= 15 is 0 Å². The van der Waals surface area contributed by atoms with E-state index in [1.807, 2.05) is 0 Å². The summed E-state index contributed by atoms with van der Waals surface area (Å²) in [5.74, 6) is -3.59. The summed E-state index contributed by atoms with van der Waals surface area (Å²) in [6.45, 7) is 0. The van der Waals surface area contributed by atoms with Crippen molar-refractivity contribution in [2.45, 2.75) is 0 Å². The van der Waals surface area contributed by atoms with E-state index in [9.17, 15) is 13.6 Å². The van der Waals surface area contributed by atoms with E-state index in [1.165, 1.54) is 6.07 Å². The van der Waals surface area contributed by atoms with Crippen LogP contribution in [0.2, 0.25) is 5.02 Å². The lowest BCUT2D eigenvalue weighted by Gasteiger charge is -2.10. The standard InChI is InChI=1S/C13H6ClF2N3O2/c14-8-10(18)9(16)11(19-12(8)13(20)21)6-2-1-5(4-17)3-7(6)15/h1-3H,(H2,18,19)(H,20,21). The number of benzene rings is 1. The molecule has 21 heavy (non-hydrogen) atoms. The highest BCUT2D eigenvalue weighted by Gasteiger charge is 2.23. The Labute approximate surface area is 122 Å². The number of carbonyl (C=O) groups is 1. The average molecular weight is 310 g/mol. The third kappa shape index (κ3) is 2.49. The maximum atomic E-state index is 14.1. The molecule has 1 aromatic heterocycles. The fraction of sp³-hybridized carbons (Fsp3) is 0. The van der Waals surface area contributed by atoms with Gasteiger partial charge in [-0.05, 0) is 18.2 Å². The van der Waals surface area contributed by atoms with Crippen molar-refractivity contribution in [1.29, 1.82) is 5.26 Å². The topological polar surface area (TPSA) is 100 Å². The van der Waals surface area contributed by atoms with Gasteiger partial charge in [0.2, 0.25) is 0 Å². The van der Waals surface area contributed by atoms with Crippen molar-refractivity contribution in [3.63, 3.8) is 0 Å². The molecule has 0 spiro atoms. The lowest BCUT2D eigenvalue weighted by atomic mass is 10.1. The Balaban J connectivity index is 2.76. The predicted molar refractivity (Wildman–Crippen MR) is 70.7 cm³/mol. The normalized spacial score (nSPS) is 10.2. The van der Waals surface area contributed by atoms with Crippen LogP contribution >= 0.6 is 11.6 Å². The predicted octanol–water partition coefficient (Wildman–Crippen LogP) is 2.83. The van der Waals surface area contributed by atoms with E-state index in [-0.39, 0.29) is 11.1 Å². The fourth-order valence-corrected chi connectivity index (χ4v) is 1.86. The third-order valence-corrected chi connectivity index (χ3v) is 3.05. The summed E-state index contributed by atoms with van der Waals surface area (Å²) < 4.78 is 27.9. The number of carboxylic acid groups (broad SMARTS) is 1. The fourth-order valence-electron chi connectivity index (χ4n) is 1.66. The van der Waals surface area contributed by atoms with Gasteiger partial charge in [0.15, 0.2) is 11.5 Å². The molecule has 5 nitrogen and oxygen atoms in total. The molecule has 8 heteroatoms. The minimum atomic E-state index is -1.53. The molecule has 0 aliphatic carbocycles. The Hall–Kier alpha value is -2.72.